The molecule has 1 nitrogen and oxygen atoms in total. The lowest BCUT2D eigenvalue weighted by Crippen LogP contribution is -2.34. The predicted molar refractivity (Wildman–Crippen MR) is 244 cm³/mol. The van der Waals surface area contributed by atoms with Gasteiger partial charge in [0.1, 0.15) is 0 Å². The molecule has 0 aliphatic heterocycles. The molecule has 6 aliphatic carbocycles. The number of allylic oxidation sites excluding steroid dienone is 7. The summed E-state index contributed by atoms with van der Waals surface area (Å²) in [6, 6.07) is 59.7. The van der Waals surface area contributed by atoms with Gasteiger partial charge in [0.05, 0.1) is 11.0 Å². The summed E-state index contributed by atoms with van der Waals surface area (Å²) in [7, 11) is 0. The first-order valence-corrected chi connectivity index (χ1v) is 21.0. The van der Waals surface area contributed by atoms with E-state index >= 15 is 0 Å². The summed E-state index contributed by atoms with van der Waals surface area (Å²) in [6.45, 7) is 0. The molecule has 0 amide bonds. The molecule has 0 aromatic heterocycles. The maximum absolute atomic E-state index is 3.52. The molecule has 0 N–H and O–H groups in total. The molecule has 6 aliphatic rings. The van der Waals surface area contributed by atoms with Crippen molar-refractivity contribution in [3.63, 3.8) is 0 Å². The molecular formula is C58H39N. The van der Waals surface area contributed by atoms with Gasteiger partial charge in [0, 0.05) is 17.3 Å². The molecule has 1 spiro atoms. The summed E-state index contributed by atoms with van der Waals surface area (Å²) in [6.07, 6.45) is 20.1. The minimum absolute atomic E-state index is 0.0291. The number of hydrogen-bond donors (Lipinski definition) is 0. The fourth-order valence-electron chi connectivity index (χ4n) is 11.5. The summed E-state index contributed by atoms with van der Waals surface area (Å²) in [5, 5.41) is 0. The zero-order valence-corrected chi connectivity index (χ0v) is 32.6. The van der Waals surface area contributed by atoms with E-state index in [9.17, 15) is 0 Å². The van der Waals surface area contributed by atoms with Gasteiger partial charge in [-0.25, -0.2) is 0 Å². The number of anilines is 2. The molecule has 0 heterocycles. The maximum Gasteiger partial charge on any atom is 0.0731 e. The van der Waals surface area contributed by atoms with E-state index in [1.807, 2.05) is 0 Å². The van der Waals surface area contributed by atoms with E-state index in [0.717, 1.165) is 12.8 Å². The topological polar surface area (TPSA) is 3.24 Å². The predicted octanol–water partition coefficient (Wildman–Crippen LogP) is 14.0. The van der Waals surface area contributed by atoms with Crippen molar-refractivity contribution in [1.82, 2.24) is 0 Å². The van der Waals surface area contributed by atoms with E-state index in [0.29, 0.717) is 5.92 Å². The normalized spacial score (nSPS) is 21.4. The Morgan fingerprint density at radius 2 is 1.24 bits per heavy atom. The van der Waals surface area contributed by atoms with Crippen LogP contribution in [0, 0.1) is 5.92 Å². The van der Waals surface area contributed by atoms with Crippen molar-refractivity contribution in [2.24, 2.45) is 5.92 Å². The summed E-state index contributed by atoms with van der Waals surface area (Å²) < 4.78 is 0. The lowest BCUT2D eigenvalue weighted by molar-refractivity contribution is 0.752. The first-order chi connectivity index (χ1) is 29.2. The van der Waals surface area contributed by atoms with Crippen LogP contribution >= 0.6 is 0 Å². The number of benzene rings is 7. The number of hydrogen-bond acceptors (Lipinski definition) is 1. The molecular weight excluding hydrogens is 711 g/mol. The molecule has 59 heavy (non-hydrogen) atoms. The second-order valence-electron chi connectivity index (χ2n) is 16.9. The second kappa shape index (κ2) is 12.2. The molecule has 3 atom stereocenters. The molecule has 1 saturated carbocycles. The lowest BCUT2D eigenvalue weighted by atomic mass is 9.67. The Morgan fingerprint density at radius 3 is 2.08 bits per heavy atom. The van der Waals surface area contributed by atoms with Gasteiger partial charge in [-0.15, -0.1) is 5.73 Å². The molecule has 276 valence electrons. The van der Waals surface area contributed by atoms with E-state index in [1.165, 1.54) is 100 Å². The van der Waals surface area contributed by atoms with Crippen LogP contribution in [0.15, 0.2) is 218 Å². The zero-order chi connectivity index (χ0) is 38.7. The van der Waals surface area contributed by atoms with Crippen LogP contribution < -0.4 is 4.90 Å². The van der Waals surface area contributed by atoms with Crippen LogP contribution in [0.2, 0.25) is 0 Å². The smallest absolute Gasteiger partial charge is 0.0731 e. The maximum atomic E-state index is 3.52. The van der Waals surface area contributed by atoms with Crippen LogP contribution in [0.1, 0.15) is 39.8 Å². The Labute approximate surface area is 345 Å². The molecule has 7 aromatic carbocycles. The molecule has 1 heteroatoms. The largest absolute Gasteiger partial charge is 0.331 e. The Kier molecular flexibility index (Phi) is 6.78. The highest BCUT2D eigenvalue weighted by molar-refractivity contribution is 6.02. The zero-order valence-electron chi connectivity index (χ0n) is 32.6. The third-order valence-electron chi connectivity index (χ3n) is 14.0. The summed E-state index contributed by atoms with van der Waals surface area (Å²) in [5.41, 5.74) is 26.5. The van der Waals surface area contributed by atoms with Crippen molar-refractivity contribution < 1.29 is 0 Å². The molecule has 1 fully saturated rings. The Bertz CT molecular complexity index is 3150. The summed E-state index contributed by atoms with van der Waals surface area (Å²) >= 11 is 0. The second-order valence-corrected chi connectivity index (χ2v) is 16.9. The van der Waals surface area contributed by atoms with Crippen molar-refractivity contribution in [2.75, 3.05) is 4.90 Å². The van der Waals surface area contributed by atoms with E-state index < -0.39 is 5.41 Å². The van der Waals surface area contributed by atoms with Gasteiger partial charge in [0.2, 0.25) is 0 Å². The highest BCUT2D eigenvalue weighted by Crippen LogP contribution is 2.65. The fourth-order valence-corrected chi connectivity index (χ4v) is 11.5. The number of nitrogens with zero attached hydrogens (tertiary/aromatic N) is 1. The molecule has 0 saturated heterocycles. The van der Waals surface area contributed by atoms with Crippen LogP contribution in [0.4, 0.5) is 11.4 Å². The molecule has 3 unspecified atom stereocenters. The average Bonchev–Trinajstić information content (AvgIpc) is 3.99. The minimum Gasteiger partial charge on any atom is -0.331 e. The molecule has 7 aromatic rings. The van der Waals surface area contributed by atoms with Crippen molar-refractivity contribution in [3.05, 3.63) is 251 Å². The lowest BCUT2D eigenvalue weighted by Gasteiger charge is -2.35. The van der Waals surface area contributed by atoms with Gasteiger partial charge in [-0.3, -0.25) is 0 Å². The summed E-state index contributed by atoms with van der Waals surface area (Å²) in [4.78, 5) is 2.56. The highest BCUT2D eigenvalue weighted by Gasteiger charge is 2.57. The third-order valence-corrected chi connectivity index (χ3v) is 14.0. The average molecular weight is 750 g/mol. The van der Waals surface area contributed by atoms with Crippen molar-refractivity contribution in [2.45, 2.75) is 23.8 Å². The first kappa shape index (κ1) is 32.9. The number of para-hydroxylation sites is 1. The van der Waals surface area contributed by atoms with Gasteiger partial charge >= 0.3 is 0 Å². The van der Waals surface area contributed by atoms with Crippen LogP contribution in [0.3, 0.4) is 0 Å². The Hall–Kier alpha value is -7.18. The van der Waals surface area contributed by atoms with Gasteiger partial charge in [0.25, 0.3) is 0 Å². The molecule has 0 bridgehead atoms. The number of rotatable bonds is 4. The van der Waals surface area contributed by atoms with Gasteiger partial charge in [-0.05, 0) is 150 Å². The third kappa shape index (κ3) is 4.46. The van der Waals surface area contributed by atoms with Gasteiger partial charge in [-0.2, -0.15) is 0 Å². The molecule has 13 rings (SSSR count). The van der Waals surface area contributed by atoms with Crippen LogP contribution in [-0.4, -0.2) is 5.54 Å². The van der Waals surface area contributed by atoms with Gasteiger partial charge < -0.3 is 4.90 Å². The van der Waals surface area contributed by atoms with Gasteiger partial charge in [0.15, 0.2) is 0 Å². The molecule has 0 radical (unpaired) electrons. The quantitative estimate of drug-likeness (QED) is 0.162. The standard InChI is InChI=1S/C58H39N/c1-3-18-42(19-4-1)59(57-33-14-13-17-41(57)37-57)43-31-29-38(30-32-43)45-25-15-26-50-48-23-5-2-6-27-53(48)58(56(45)50)54-28-12-11-24-49(54)52-35-40-34-39-16-7-8-20-44(39)46-21-9-10-22-47(46)51(40)36-55(52)58/h1-4,6-33,35-36,41H,34,37H2. The van der Waals surface area contributed by atoms with E-state index in [4.69, 9.17) is 0 Å². The number of fused-ring (bicyclic) bond motifs is 15. The Balaban J connectivity index is 1.05. The van der Waals surface area contributed by atoms with E-state index in [2.05, 4.69) is 217 Å². The van der Waals surface area contributed by atoms with Crippen molar-refractivity contribution in [1.29, 1.82) is 0 Å². The summed E-state index contributed by atoms with van der Waals surface area (Å²) in [5.74, 6) is 0.514. The monoisotopic (exact) mass is 749 g/mol. The van der Waals surface area contributed by atoms with E-state index in [1.54, 1.807) is 0 Å². The van der Waals surface area contributed by atoms with E-state index in [-0.39, 0.29) is 5.54 Å². The van der Waals surface area contributed by atoms with Crippen LogP contribution in [-0.2, 0) is 11.8 Å². The Morgan fingerprint density at radius 1 is 0.525 bits per heavy atom. The minimum atomic E-state index is -0.530. The first-order valence-electron chi connectivity index (χ1n) is 21.0. The van der Waals surface area contributed by atoms with Crippen LogP contribution in [0.25, 0.3) is 50.1 Å². The fraction of sp³-hybridized carbons (Fsp3) is 0.0862. The SMILES string of the molecule is C1=CC=CC2=C(C=1)c1cccc(-c3ccc(N(c4ccccc4)C45C=CC=CC4C5)cc3)c1C21c2ccccc2-c2cc3c(cc21)-c1ccccc1-c1ccccc1C3. The highest BCUT2D eigenvalue weighted by atomic mass is 15.2. The van der Waals surface area contributed by atoms with Crippen molar-refractivity contribution >= 4 is 16.9 Å². The van der Waals surface area contributed by atoms with Gasteiger partial charge in [-0.1, -0.05) is 158 Å². The van der Waals surface area contributed by atoms with Crippen molar-refractivity contribution in [3.8, 4) is 44.5 Å². The van der Waals surface area contributed by atoms with Crippen LogP contribution in [0.5, 0.6) is 0 Å².